The van der Waals surface area contributed by atoms with Crippen LogP contribution < -0.4 is 0 Å². The third kappa shape index (κ3) is 2.51. The van der Waals surface area contributed by atoms with Crippen LogP contribution in [0.1, 0.15) is 25.3 Å². The lowest BCUT2D eigenvalue weighted by molar-refractivity contribution is 0.172. The summed E-state index contributed by atoms with van der Waals surface area (Å²) in [5.41, 5.74) is 1.14. The lowest BCUT2D eigenvalue weighted by Crippen LogP contribution is -2.28. The summed E-state index contributed by atoms with van der Waals surface area (Å²) in [5, 5.41) is 0. The smallest absolute Gasteiger partial charge is 0.245 e. The summed E-state index contributed by atoms with van der Waals surface area (Å²) >= 11 is 0. The van der Waals surface area contributed by atoms with Crippen LogP contribution in [0.15, 0.2) is 29.2 Å². The quantitative estimate of drug-likeness (QED) is 0.827. The maximum Gasteiger partial charge on any atom is 0.245 e. The predicted octanol–water partition coefficient (Wildman–Crippen LogP) is 1.79. The van der Waals surface area contributed by atoms with Crippen LogP contribution in [0.4, 0.5) is 0 Å². The van der Waals surface area contributed by atoms with E-state index in [9.17, 15) is 8.42 Å². The van der Waals surface area contributed by atoms with E-state index in [2.05, 4.69) is 13.8 Å². The molecular weight excluding hydrogens is 238 g/mol. The molecule has 0 spiro atoms. The molecule has 4 nitrogen and oxygen atoms in total. The lowest BCUT2D eigenvalue weighted by atomic mass is 10.0. The minimum absolute atomic E-state index is 0.161. The lowest BCUT2D eigenvalue weighted by Gasteiger charge is -2.14. The molecule has 1 saturated heterocycles. The average molecular weight is 255 g/mol. The van der Waals surface area contributed by atoms with Crippen molar-refractivity contribution in [1.82, 2.24) is 4.31 Å². The fourth-order valence-corrected chi connectivity index (χ4v) is 3.07. The monoisotopic (exact) mass is 255 g/mol. The molecule has 17 heavy (non-hydrogen) atoms. The van der Waals surface area contributed by atoms with Crippen LogP contribution in [0, 0.1) is 0 Å². The van der Waals surface area contributed by atoms with Crippen LogP contribution in [0.5, 0.6) is 0 Å². The first kappa shape index (κ1) is 12.5. The number of sulfonamides is 1. The summed E-state index contributed by atoms with van der Waals surface area (Å²) in [6.45, 7) is 5.24. The second-order valence-electron chi connectivity index (χ2n) is 4.44. The number of hydrogen-bond donors (Lipinski definition) is 0. The molecule has 1 aliphatic heterocycles. The first-order chi connectivity index (χ1) is 8.01. The summed E-state index contributed by atoms with van der Waals surface area (Å²) in [5.74, 6) is 0.405. The van der Waals surface area contributed by atoms with E-state index in [1.54, 1.807) is 12.1 Å². The first-order valence-electron chi connectivity index (χ1n) is 5.69. The van der Waals surface area contributed by atoms with Gasteiger partial charge in [0.25, 0.3) is 0 Å². The van der Waals surface area contributed by atoms with Gasteiger partial charge in [0, 0.05) is 6.54 Å². The predicted molar refractivity (Wildman–Crippen MR) is 65.2 cm³/mol. The first-order valence-corrected chi connectivity index (χ1v) is 7.13. The van der Waals surface area contributed by atoms with Crippen molar-refractivity contribution in [3.8, 4) is 0 Å². The minimum atomic E-state index is -3.37. The van der Waals surface area contributed by atoms with Gasteiger partial charge in [0.1, 0.15) is 6.73 Å². The number of hydrogen-bond acceptors (Lipinski definition) is 3. The SMILES string of the molecule is CC(C)c1ccc(S(=O)(=O)N2CCOC2)cc1. The third-order valence-corrected chi connectivity index (χ3v) is 4.74. The Balaban J connectivity index is 2.27. The van der Waals surface area contributed by atoms with Crippen molar-refractivity contribution in [2.75, 3.05) is 19.9 Å². The zero-order valence-electron chi connectivity index (χ0n) is 10.1. The van der Waals surface area contributed by atoms with Gasteiger partial charge >= 0.3 is 0 Å². The Kier molecular flexibility index (Phi) is 3.51. The van der Waals surface area contributed by atoms with Gasteiger partial charge in [-0.3, -0.25) is 0 Å². The molecule has 5 heteroatoms. The summed E-state index contributed by atoms with van der Waals surface area (Å²) in [4.78, 5) is 0.340. The van der Waals surface area contributed by atoms with Gasteiger partial charge in [-0.1, -0.05) is 26.0 Å². The standard InChI is InChI=1S/C12H17NO3S/c1-10(2)11-3-5-12(6-4-11)17(14,15)13-7-8-16-9-13/h3-6,10H,7-9H2,1-2H3. The summed E-state index contributed by atoms with van der Waals surface area (Å²) in [6, 6.07) is 7.08. The van der Waals surface area contributed by atoms with Crippen LogP contribution in [-0.4, -0.2) is 32.6 Å². The molecule has 1 aromatic rings. The van der Waals surface area contributed by atoms with Crippen LogP contribution >= 0.6 is 0 Å². The Hall–Kier alpha value is -0.910. The largest absolute Gasteiger partial charge is 0.364 e. The van der Waals surface area contributed by atoms with E-state index >= 15 is 0 Å². The van der Waals surface area contributed by atoms with Crippen molar-refractivity contribution in [3.05, 3.63) is 29.8 Å². The van der Waals surface area contributed by atoms with Crippen molar-refractivity contribution in [2.45, 2.75) is 24.7 Å². The highest BCUT2D eigenvalue weighted by Crippen LogP contribution is 2.21. The highest BCUT2D eigenvalue weighted by molar-refractivity contribution is 7.89. The molecule has 0 radical (unpaired) electrons. The molecule has 0 N–H and O–H groups in total. The van der Waals surface area contributed by atoms with E-state index in [0.29, 0.717) is 24.0 Å². The van der Waals surface area contributed by atoms with Gasteiger partial charge < -0.3 is 4.74 Å². The fourth-order valence-electron chi connectivity index (χ4n) is 1.76. The van der Waals surface area contributed by atoms with E-state index in [0.717, 1.165) is 5.56 Å². The van der Waals surface area contributed by atoms with Gasteiger partial charge in [-0.05, 0) is 23.6 Å². The van der Waals surface area contributed by atoms with Crippen molar-refractivity contribution in [2.24, 2.45) is 0 Å². The van der Waals surface area contributed by atoms with Crippen LogP contribution in [0.25, 0.3) is 0 Å². The molecule has 1 fully saturated rings. The zero-order valence-corrected chi connectivity index (χ0v) is 10.9. The zero-order chi connectivity index (χ0) is 12.5. The van der Waals surface area contributed by atoms with Crippen molar-refractivity contribution >= 4 is 10.0 Å². The molecule has 0 aliphatic carbocycles. The highest BCUT2D eigenvalue weighted by Gasteiger charge is 2.27. The molecule has 1 aliphatic rings. The van der Waals surface area contributed by atoms with E-state index in [4.69, 9.17) is 4.74 Å². The Morgan fingerprint density at radius 3 is 2.35 bits per heavy atom. The second-order valence-corrected chi connectivity index (χ2v) is 6.38. The highest BCUT2D eigenvalue weighted by atomic mass is 32.2. The van der Waals surface area contributed by atoms with Gasteiger partial charge in [0.05, 0.1) is 11.5 Å². The molecular formula is C12H17NO3S. The molecule has 1 heterocycles. The summed E-state index contributed by atoms with van der Waals surface area (Å²) < 4.78 is 30.8. The summed E-state index contributed by atoms with van der Waals surface area (Å²) in [6.07, 6.45) is 0. The maximum atomic E-state index is 12.2. The van der Waals surface area contributed by atoms with Gasteiger partial charge in [-0.2, -0.15) is 4.31 Å². The molecule has 0 unspecified atom stereocenters. The Labute approximate surface area is 102 Å². The number of benzene rings is 1. The minimum Gasteiger partial charge on any atom is -0.364 e. The van der Waals surface area contributed by atoms with E-state index in [1.165, 1.54) is 4.31 Å². The third-order valence-electron chi connectivity index (χ3n) is 2.90. The van der Waals surface area contributed by atoms with E-state index in [-0.39, 0.29) is 6.73 Å². The molecule has 0 saturated carbocycles. The van der Waals surface area contributed by atoms with Crippen LogP contribution in [0.2, 0.25) is 0 Å². The summed E-state index contributed by atoms with van der Waals surface area (Å²) in [7, 11) is -3.37. The topological polar surface area (TPSA) is 46.6 Å². The van der Waals surface area contributed by atoms with Crippen LogP contribution in [-0.2, 0) is 14.8 Å². The fraction of sp³-hybridized carbons (Fsp3) is 0.500. The molecule has 94 valence electrons. The molecule has 1 aromatic carbocycles. The molecule has 0 amide bonds. The number of rotatable bonds is 3. The van der Waals surface area contributed by atoms with Gasteiger partial charge in [-0.25, -0.2) is 8.42 Å². The van der Waals surface area contributed by atoms with Crippen LogP contribution in [0.3, 0.4) is 0 Å². The molecule has 0 bridgehead atoms. The molecule has 2 rings (SSSR count). The van der Waals surface area contributed by atoms with Crippen molar-refractivity contribution in [1.29, 1.82) is 0 Å². The molecule has 0 atom stereocenters. The maximum absolute atomic E-state index is 12.2. The Morgan fingerprint density at radius 2 is 1.88 bits per heavy atom. The normalized spacial score (nSPS) is 17.8. The second kappa shape index (κ2) is 4.76. The Morgan fingerprint density at radius 1 is 1.24 bits per heavy atom. The van der Waals surface area contributed by atoms with Gasteiger partial charge in [0.2, 0.25) is 10.0 Å². The van der Waals surface area contributed by atoms with E-state index in [1.807, 2.05) is 12.1 Å². The molecule has 0 aromatic heterocycles. The Bertz CT molecular complexity index is 473. The van der Waals surface area contributed by atoms with Crippen molar-refractivity contribution in [3.63, 3.8) is 0 Å². The number of ether oxygens (including phenoxy) is 1. The number of nitrogens with zero attached hydrogens (tertiary/aromatic N) is 1. The van der Waals surface area contributed by atoms with Crippen molar-refractivity contribution < 1.29 is 13.2 Å². The van der Waals surface area contributed by atoms with Gasteiger partial charge in [0.15, 0.2) is 0 Å². The van der Waals surface area contributed by atoms with E-state index < -0.39 is 10.0 Å². The average Bonchev–Trinajstić information content (AvgIpc) is 2.83. The van der Waals surface area contributed by atoms with Gasteiger partial charge in [-0.15, -0.1) is 0 Å².